The number of carbonyl (C=O) groups excluding carboxylic acids is 1. The number of anilines is 4. The van der Waals surface area contributed by atoms with Crippen LogP contribution in [-0.2, 0) is 11.8 Å². The van der Waals surface area contributed by atoms with E-state index in [1.54, 1.807) is 30.3 Å². The minimum Gasteiger partial charge on any atom is -0.366 e. The number of hydrogen-bond donors (Lipinski definition) is 3. The first-order valence-corrected chi connectivity index (χ1v) is 10.5. The molecule has 0 atom stereocenters. The minimum atomic E-state index is -0.687. The summed E-state index contributed by atoms with van der Waals surface area (Å²) in [5.41, 5.74) is 8.09. The van der Waals surface area contributed by atoms with E-state index in [4.69, 9.17) is 5.73 Å². The van der Waals surface area contributed by atoms with E-state index in [0.29, 0.717) is 28.6 Å². The molecule has 0 aliphatic heterocycles. The van der Waals surface area contributed by atoms with Gasteiger partial charge in [0.15, 0.2) is 0 Å². The van der Waals surface area contributed by atoms with Gasteiger partial charge in [-0.05, 0) is 35.4 Å². The molecule has 0 radical (unpaired) electrons. The van der Waals surface area contributed by atoms with Gasteiger partial charge in [-0.25, -0.2) is 9.37 Å². The Bertz CT molecular complexity index is 1350. The van der Waals surface area contributed by atoms with E-state index in [1.165, 1.54) is 18.2 Å². The number of halogens is 2. The molecule has 4 aromatic rings. The maximum absolute atomic E-state index is 14.7. The van der Waals surface area contributed by atoms with Gasteiger partial charge >= 0.3 is 0 Å². The first kappa shape index (κ1) is 22.2. The number of aromatic nitrogens is 4. The van der Waals surface area contributed by atoms with Crippen LogP contribution in [0, 0.1) is 5.82 Å². The maximum atomic E-state index is 14.7. The Morgan fingerprint density at radius 2 is 1.91 bits per heavy atom. The van der Waals surface area contributed by atoms with Crippen LogP contribution in [0.2, 0.25) is 0 Å². The van der Waals surface area contributed by atoms with Gasteiger partial charge in [0.1, 0.15) is 11.6 Å². The molecular formula is C23H19BrFN7O. The zero-order valence-electron chi connectivity index (χ0n) is 17.5. The van der Waals surface area contributed by atoms with Crippen molar-refractivity contribution in [2.24, 2.45) is 12.8 Å². The van der Waals surface area contributed by atoms with E-state index >= 15 is 0 Å². The molecule has 0 spiro atoms. The van der Waals surface area contributed by atoms with Gasteiger partial charge in [0.05, 0.1) is 17.6 Å². The van der Waals surface area contributed by atoms with Crippen molar-refractivity contribution in [1.29, 1.82) is 0 Å². The predicted molar refractivity (Wildman–Crippen MR) is 130 cm³/mol. The van der Waals surface area contributed by atoms with Gasteiger partial charge in [0, 0.05) is 35.1 Å². The number of nitrogens with two attached hydrogens (primary N) is 1. The fourth-order valence-electron chi connectivity index (χ4n) is 3.07. The molecule has 0 aliphatic rings. The average Bonchev–Trinajstić information content (AvgIpc) is 3.20. The monoisotopic (exact) mass is 507 g/mol. The molecule has 4 N–H and O–H groups in total. The van der Waals surface area contributed by atoms with Gasteiger partial charge < -0.3 is 16.4 Å². The van der Waals surface area contributed by atoms with Crippen molar-refractivity contribution in [3.8, 4) is 11.1 Å². The van der Waals surface area contributed by atoms with Crippen molar-refractivity contribution >= 4 is 50.6 Å². The number of nitrogens with zero attached hydrogens (tertiary/aromatic N) is 4. The molecule has 2 aromatic carbocycles. The molecule has 2 aromatic heterocycles. The number of nitrogens with one attached hydrogen (secondary N) is 2. The summed E-state index contributed by atoms with van der Waals surface area (Å²) >= 11 is 3.42. The Morgan fingerprint density at radius 1 is 1.15 bits per heavy atom. The molecule has 166 valence electrons. The summed E-state index contributed by atoms with van der Waals surface area (Å²) < 4.78 is 17.2. The highest BCUT2D eigenvalue weighted by Crippen LogP contribution is 2.32. The SMILES string of the molecule is C=C(C(N)=O)c1ccc(F)c(Nc2nc(Nc3cnn(C)c3)ncc2-c2ccc(Br)cc2)c1. The number of amides is 1. The van der Waals surface area contributed by atoms with Gasteiger partial charge in [-0.3, -0.25) is 9.48 Å². The van der Waals surface area contributed by atoms with E-state index < -0.39 is 11.7 Å². The van der Waals surface area contributed by atoms with Crippen LogP contribution in [-0.4, -0.2) is 25.7 Å². The molecule has 4 rings (SSSR count). The van der Waals surface area contributed by atoms with Crippen molar-refractivity contribution in [2.45, 2.75) is 0 Å². The first-order valence-electron chi connectivity index (χ1n) is 9.74. The zero-order chi connectivity index (χ0) is 23.5. The first-order chi connectivity index (χ1) is 15.8. The van der Waals surface area contributed by atoms with E-state index in [0.717, 1.165) is 10.0 Å². The molecule has 0 unspecified atom stereocenters. The van der Waals surface area contributed by atoms with Gasteiger partial charge in [-0.15, -0.1) is 0 Å². The van der Waals surface area contributed by atoms with Crippen molar-refractivity contribution in [3.05, 3.63) is 83.5 Å². The van der Waals surface area contributed by atoms with Crippen molar-refractivity contribution < 1.29 is 9.18 Å². The molecule has 0 bridgehead atoms. The van der Waals surface area contributed by atoms with Crippen molar-refractivity contribution in [1.82, 2.24) is 19.7 Å². The van der Waals surface area contributed by atoms with E-state index in [9.17, 15) is 9.18 Å². The number of hydrogen-bond acceptors (Lipinski definition) is 6. The number of aryl methyl sites for hydroxylation is 1. The summed E-state index contributed by atoms with van der Waals surface area (Å²) in [7, 11) is 1.80. The highest BCUT2D eigenvalue weighted by atomic mass is 79.9. The van der Waals surface area contributed by atoms with Crippen molar-refractivity contribution in [2.75, 3.05) is 10.6 Å². The van der Waals surface area contributed by atoms with E-state index in [2.05, 4.69) is 48.2 Å². The van der Waals surface area contributed by atoms with E-state index in [-0.39, 0.29) is 11.3 Å². The predicted octanol–water partition coefficient (Wildman–Crippen LogP) is 4.76. The molecule has 8 nitrogen and oxygen atoms in total. The number of primary amides is 1. The summed E-state index contributed by atoms with van der Waals surface area (Å²) in [6.07, 6.45) is 5.05. The minimum absolute atomic E-state index is 0.0767. The Hall–Kier alpha value is -4.05. The molecule has 0 saturated heterocycles. The van der Waals surface area contributed by atoms with Gasteiger partial charge in [-0.1, -0.05) is 40.7 Å². The van der Waals surface area contributed by atoms with Gasteiger partial charge in [-0.2, -0.15) is 10.1 Å². The normalized spacial score (nSPS) is 10.6. The number of benzene rings is 2. The summed E-state index contributed by atoms with van der Waals surface area (Å²) in [5.74, 6) is -0.560. The van der Waals surface area contributed by atoms with Crippen LogP contribution in [0.1, 0.15) is 5.56 Å². The molecule has 0 saturated carbocycles. The molecule has 1 amide bonds. The molecule has 2 heterocycles. The highest BCUT2D eigenvalue weighted by molar-refractivity contribution is 9.10. The van der Waals surface area contributed by atoms with Crippen LogP contribution >= 0.6 is 15.9 Å². The lowest BCUT2D eigenvalue weighted by molar-refractivity contribution is -0.112. The second kappa shape index (κ2) is 9.21. The molecule has 0 fully saturated rings. The maximum Gasteiger partial charge on any atom is 0.248 e. The van der Waals surface area contributed by atoms with Crippen LogP contribution in [0.5, 0.6) is 0 Å². The fraction of sp³-hybridized carbons (Fsp3) is 0.0435. The summed E-state index contributed by atoms with van der Waals surface area (Å²) in [6.45, 7) is 3.67. The second-order valence-electron chi connectivity index (χ2n) is 7.15. The third kappa shape index (κ3) is 5.07. The van der Waals surface area contributed by atoms with Crippen LogP contribution in [0.3, 0.4) is 0 Å². The van der Waals surface area contributed by atoms with Gasteiger partial charge in [0.2, 0.25) is 11.9 Å². The lowest BCUT2D eigenvalue weighted by Gasteiger charge is -2.14. The quantitative estimate of drug-likeness (QED) is 0.311. The number of rotatable bonds is 7. The summed E-state index contributed by atoms with van der Waals surface area (Å²) in [6, 6.07) is 11.7. The fourth-order valence-corrected chi connectivity index (χ4v) is 3.34. The van der Waals surface area contributed by atoms with E-state index in [1.807, 2.05) is 24.3 Å². The smallest absolute Gasteiger partial charge is 0.248 e. The van der Waals surface area contributed by atoms with Crippen LogP contribution < -0.4 is 16.4 Å². The Balaban J connectivity index is 1.76. The lowest BCUT2D eigenvalue weighted by Crippen LogP contribution is -2.12. The average molecular weight is 508 g/mol. The standard InChI is InChI=1S/C23H19BrFN7O/c1-13(21(26)33)15-5-8-19(25)20(9-15)30-22-18(14-3-6-16(24)7-4-14)11-27-23(31-22)29-17-10-28-32(2)12-17/h3-12H,1H2,2H3,(H2,26,33)(H2,27,29,30,31). The van der Waals surface area contributed by atoms with Crippen LogP contribution in [0.15, 0.2) is 72.1 Å². The molecule has 33 heavy (non-hydrogen) atoms. The topological polar surface area (TPSA) is 111 Å². The highest BCUT2D eigenvalue weighted by Gasteiger charge is 2.15. The van der Waals surface area contributed by atoms with Gasteiger partial charge in [0.25, 0.3) is 0 Å². The largest absolute Gasteiger partial charge is 0.366 e. The summed E-state index contributed by atoms with van der Waals surface area (Å²) in [4.78, 5) is 20.5. The van der Waals surface area contributed by atoms with Crippen LogP contribution in [0.25, 0.3) is 16.7 Å². The Kier molecular flexibility index (Phi) is 6.18. The molecular weight excluding hydrogens is 489 g/mol. The molecule has 0 aliphatic carbocycles. The second-order valence-corrected chi connectivity index (χ2v) is 8.07. The van der Waals surface area contributed by atoms with Crippen molar-refractivity contribution in [3.63, 3.8) is 0 Å². The lowest BCUT2D eigenvalue weighted by atomic mass is 10.1. The molecule has 10 heteroatoms. The Morgan fingerprint density at radius 3 is 2.58 bits per heavy atom. The number of carbonyl (C=O) groups is 1. The zero-order valence-corrected chi connectivity index (χ0v) is 19.1. The third-order valence-electron chi connectivity index (χ3n) is 4.77. The third-order valence-corrected chi connectivity index (χ3v) is 5.30. The summed E-state index contributed by atoms with van der Waals surface area (Å²) in [5, 5.41) is 10.2. The van der Waals surface area contributed by atoms with Crippen LogP contribution in [0.4, 0.5) is 27.5 Å². The Labute approximate surface area is 197 Å².